The van der Waals surface area contributed by atoms with E-state index in [1.807, 2.05) is 0 Å². The molecule has 0 aliphatic heterocycles. The first-order valence-corrected chi connectivity index (χ1v) is 13.3. The van der Waals surface area contributed by atoms with E-state index in [1.165, 1.54) is 13.2 Å². The Morgan fingerprint density at radius 1 is 1.18 bits per heavy atom. The first-order valence-electron chi connectivity index (χ1n) is 11.4. The highest BCUT2D eigenvalue weighted by molar-refractivity contribution is 7.88. The number of hydrogen-bond donors (Lipinski definition) is 4. The lowest BCUT2D eigenvalue weighted by molar-refractivity contribution is -0.117. The van der Waals surface area contributed by atoms with E-state index in [-0.39, 0.29) is 53.0 Å². The molecule has 0 unspecified atom stereocenters. The maximum Gasteiger partial charge on any atom is 0.272 e. The molecule has 2 aromatic heterocycles. The molecule has 1 aliphatic rings. The van der Waals surface area contributed by atoms with Gasteiger partial charge in [0.05, 0.1) is 60.4 Å². The molecule has 0 saturated heterocycles. The molecule has 18 heteroatoms. The van der Waals surface area contributed by atoms with E-state index >= 15 is 0 Å². The SMILES string of the molecule is [B]C([B])([B])NC(=O)c1nnc(NC(=O)C2CC2)cc1Nc1cccc(-c2nc(CNS(C)(=O)=O)no2)c1OC. The van der Waals surface area contributed by atoms with Crippen molar-refractivity contribution in [3.63, 3.8) is 0 Å². The predicted molar refractivity (Wildman–Crippen MR) is 142 cm³/mol. The molecule has 6 radical (unpaired) electrons. The first kappa shape index (κ1) is 28.1. The van der Waals surface area contributed by atoms with E-state index in [9.17, 15) is 18.0 Å². The van der Waals surface area contributed by atoms with Crippen molar-refractivity contribution in [1.82, 2.24) is 30.4 Å². The fraction of sp³-hybridized carbons (Fsp3) is 0.333. The number of nitrogens with zero attached hydrogens (tertiary/aromatic N) is 4. The molecule has 0 atom stereocenters. The van der Waals surface area contributed by atoms with Gasteiger partial charge in [0.25, 0.3) is 11.8 Å². The average Bonchev–Trinajstić information content (AvgIpc) is 3.59. The van der Waals surface area contributed by atoms with Crippen molar-refractivity contribution in [2.24, 2.45) is 5.92 Å². The number of ether oxygens (including phenoxy) is 1. The summed E-state index contributed by atoms with van der Waals surface area (Å²) in [5.41, 5.74) is 0.576. The summed E-state index contributed by atoms with van der Waals surface area (Å²) in [4.78, 5) is 29.3. The Kier molecular flexibility index (Phi) is 7.97. The molecule has 196 valence electrons. The Morgan fingerprint density at radius 3 is 2.56 bits per heavy atom. The molecule has 39 heavy (non-hydrogen) atoms. The smallest absolute Gasteiger partial charge is 0.272 e. The molecule has 1 aromatic carbocycles. The minimum Gasteiger partial charge on any atom is -0.494 e. The molecule has 1 saturated carbocycles. The van der Waals surface area contributed by atoms with Crippen LogP contribution in [-0.2, 0) is 21.4 Å². The number of methoxy groups -OCH3 is 1. The summed E-state index contributed by atoms with van der Waals surface area (Å²) in [7, 11) is 14.5. The van der Waals surface area contributed by atoms with E-state index in [1.54, 1.807) is 18.2 Å². The molecule has 1 aliphatic carbocycles. The van der Waals surface area contributed by atoms with E-state index in [4.69, 9.17) is 32.8 Å². The summed E-state index contributed by atoms with van der Waals surface area (Å²) in [6.45, 7) is -0.177. The van der Waals surface area contributed by atoms with Crippen molar-refractivity contribution in [1.29, 1.82) is 0 Å². The van der Waals surface area contributed by atoms with Crippen LogP contribution in [-0.4, -0.2) is 82.7 Å². The van der Waals surface area contributed by atoms with E-state index in [2.05, 4.69) is 41.0 Å². The normalized spacial score (nSPS) is 13.5. The standard InChI is InChI=1S/C21H21B3N8O6S/c1-37-17-11(20-28-15(32-38-20)9-25-39(2,35)36)4-3-5-12(17)26-13-8-14(27-18(33)10-6-7-10)30-31-16(13)19(34)29-21(22,23)24/h3-5,8,10,25H,6-7,9H2,1-2H3,(H,29,34)(H2,26,27,30,33). The number of amides is 2. The fourth-order valence-corrected chi connectivity index (χ4v) is 3.74. The fourth-order valence-electron chi connectivity index (χ4n) is 3.35. The lowest BCUT2D eigenvalue weighted by Crippen LogP contribution is -2.50. The molecule has 4 N–H and O–H groups in total. The van der Waals surface area contributed by atoms with Crippen LogP contribution < -0.4 is 25.4 Å². The number of rotatable bonds is 11. The van der Waals surface area contributed by atoms with Crippen molar-refractivity contribution < 1.29 is 27.3 Å². The van der Waals surface area contributed by atoms with Gasteiger partial charge in [0.2, 0.25) is 15.9 Å². The Labute approximate surface area is 227 Å². The second-order valence-corrected chi connectivity index (χ2v) is 10.6. The molecule has 14 nitrogen and oxygen atoms in total. The van der Waals surface area contributed by atoms with Crippen molar-refractivity contribution in [3.8, 4) is 17.2 Å². The number of para-hydroxylation sites is 1. The molecule has 1 fully saturated rings. The topological polar surface area (TPSA) is 190 Å². The van der Waals surface area contributed by atoms with E-state index in [0.717, 1.165) is 19.1 Å². The number of hydrogen-bond acceptors (Lipinski definition) is 11. The molecule has 0 spiro atoms. The van der Waals surface area contributed by atoms with Crippen LogP contribution in [0.5, 0.6) is 5.75 Å². The first-order chi connectivity index (χ1) is 18.3. The van der Waals surface area contributed by atoms with Crippen LogP contribution in [0.4, 0.5) is 17.2 Å². The van der Waals surface area contributed by atoms with Crippen LogP contribution >= 0.6 is 0 Å². The van der Waals surface area contributed by atoms with Gasteiger partial charge in [-0.25, -0.2) is 13.1 Å². The van der Waals surface area contributed by atoms with Crippen LogP contribution in [0.15, 0.2) is 28.8 Å². The summed E-state index contributed by atoms with van der Waals surface area (Å²) in [5, 5.41) is 17.5. The van der Waals surface area contributed by atoms with Crippen molar-refractivity contribution in [2.75, 3.05) is 24.0 Å². The van der Waals surface area contributed by atoms with Crippen molar-refractivity contribution in [3.05, 3.63) is 35.8 Å². The zero-order valence-electron chi connectivity index (χ0n) is 20.9. The summed E-state index contributed by atoms with van der Waals surface area (Å²) < 4.78 is 35.9. The number of carbonyl (C=O) groups excluding carboxylic acids is 2. The minimum absolute atomic E-state index is 0.0446. The van der Waals surface area contributed by atoms with Gasteiger partial charge in [-0.3, -0.25) is 9.59 Å². The molecule has 3 aromatic rings. The van der Waals surface area contributed by atoms with Crippen molar-refractivity contribution >= 4 is 62.6 Å². The van der Waals surface area contributed by atoms with Gasteiger partial charge >= 0.3 is 0 Å². The van der Waals surface area contributed by atoms with Crippen LogP contribution in [0.25, 0.3) is 11.5 Å². The number of carbonyl (C=O) groups is 2. The van der Waals surface area contributed by atoms with E-state index in [0.29, 0.717) is 11.3 Å². The minimum atomic E-state index is -3.47. The molecule has 2 amide bonds. The monoisotopic (exact) mass is 546 g/mol. The molecule has 0 bridgehead atoms. The van der Waals surface area contributed by atoms with Gasteiger partial charge in [0, 0.05) is 12.0 Å². The molecule has 2 heterocycles. The summed E-state index contributed by atoms with van der Waals surface area (Å²) in [5.74, 6) is -0.674. The van der Waals surface area contributed by atoms with Gasteiger partial charge < -0.3 is 25.2 Å². The highest BCUT2D eigenvalue weighted by Gasteiger charge is 2.30. The summed E-state index contributed by atoms with van der Waals surface area (Å²) >= 11 is 0. The summed E-state index contributed by atoms with van der Waals surface area (Å²) in [6.07, 6.45) is 2.57. The Bertz CT molecular complexity index is 1510. The number of benzene rings is 1. The average molecular weight is 546 g/mol. The van der Waals surface area contributed by atoms with Gasteiger partial charge in [0.1, 0.15) is 0 Å². The van der Waals surface area contributed by atoms with Crippen LogP contribution in [0.2, 0.25) is 0 Å². The number of sulfonamides is 1. The second kappa shape index (κ2) is 11.1. The third kappa shape index (κ3) is 7.57. The zero-order chi connectivity index (χ0) is 28.4. The molecular weight excluding hydrogens is 525 g/mol. The largest absolute Gasteiger partial charge is 0.494 e. The maximum atomic E-state index is 12.8. The van der Waals surface area contributed by atoms with Gasteiger partial charge in [-0.1, -0.05) is 16.5 Å². The highest BCUT2D eigenvalue weighted by atomic mass is 32.2. The zero-order valence-corrected chi connectivity index (χ0v) is 21.7. The number of anilines is 3. The third-order valence-electron chi connectivity index (χ3n) is 5.22. The molecular formula is C21H21B3N8O6S. The van der Waals surface area contributed by atoms with Crippen LogP contribution in [0.3, 0.4) is 0 Å². The van der Waals surface area contributed by atoms with Gasteiger partial charge in [0.15, 0.2) is 23.1 Å². The predicted octanol–water partition coefficient (Wildman–Crippen LogP) is -0.477. The van der Waals surface area contributed by atoms with Gasteiger partial charge in [-0.05, 0) is 25.0 Å². The quantitative estimate of drug-likeness (QED) is 0.228. The Hall–Kier alpha value is -3.92. The van der Waals surface area contributed by atoms with E-state index < -0.39 is 21.2 Å². The van der Waals surface area contributed by atoms with Gasteiger partial charge in [-0.2, -0.15) is 4.98 Å². The van der Waals surface area contributed by atoms with Gasteiger partial charge in [-0.15, -0.1) is 10.2 Å². The van der Waals surface area contributed by atoms with Crippen molar-refractivity contribution in [2.45, 2.75) is 24.6 Å². The number of aromatic nitrogens is 4. The number of nitrogens with one attached hydrogen (secondary N) is 4. The lowest BCUT2D eigenvalue weighted by atomic mass is 9.49. The maximum absolute atomic E-state index is 12.8. The Balaban J connectivity index is 1.67. The third-order valence-corrected chi connectivity index (χ3v) is 5.89. The Morgan fingerprint density at radius 2 is 1.92 bits per heavy atom. The highest BCUT2D eigenvalue weighted by Crippen LogP contribution is 2.38. The summed E-state index contributed by atoms with van der Waals surface area (Å²) in [6, 6.07) is 6.32. The molecule has 4 rings (SSSR count). The lowest BCUT2D eigenvalue weighted by Gasteiger charge is -2.23. The second-order valence-electron chi connectivity index (χ2n) is 8.76. The van der Waals surface area contributed by atoms with Crippen LogP contribution in [0.1, 0.15) is 29.2 Å². The van der Waals surface area contributed by atoms with Crippen LogP contribution in [0, 0.1) is 5.92 Å².